The Kier molecular flexibility index (Phi) is 4.02. The lowest BCUT2D eigenvalue weighted by Crippen LogP contribution is -2.47. The number of hydrogen-bond acceptors (Lipinski definition) is 3. The van der Waals surface area contributed by atoms with Gasteiger partial charge in [-0.1, -0.05) is 17.7 Å². The zero-order valence-corrected chi connectivity index (χ0v) is 10.7. The third kappa shape index (κ3) is 3.20. The highest BCUT2D eigenvalue weighted by molar-refractivity contribution is 5.48. The van der Waals surface area contributed by atoms with Gasteiger partial charge in [0.05, 0.1) is 12.2 Å². The number of anilines is 1. The Morgan fingerprint density at radius 3 is 2.65 bits per heavy atom. The molecule has 94 valence electrons. The number of ether oxygens (including phenoxy) is 1. The fraction of sp³-hybridized carbons (Fsp3) is 0.571. The van der Waals surface area contributed by atoms with Gasteiger partial charge in [0.25, 0.3) is 0 Å². The maximum absolute atomic E-state index is 5.88. The molecule has 3 heteroatoms. The van der Waals surface area contributed by atoms with Crippen LogP contribution >= 0.6 is 0 Å². The molecule has 1 aromatic carbocycles. The van der Waals surface area contributed by atoms with Crippen LogP contribution in [0, 0.1) is 6.92 Å². The molecule has 1 fully saturated rings. The molecule has 1 aromatic rings. The van der Waals surface area contributed by atoms with E-state index in [0.29, 0.717) is 6.54 Å². The molecule has 3 nitrogen and oxygen atoms in total. The SMILES string of the molecule is Cc1ccc(N2CC(C)OC(CCN)C2)cc1. The Bertz CT molecular complexity index is 350. The Balaban J connectivity index is 2.06. The maximum Gasteiger partial charge on any atom is 0.0766 e. The highest BCUT2D eigenvalue weighted by Gasteiger charge is 2.24. The molecule has 0 saturated carbocycles. The molecule has 2 atom stereocenters. The lowest BCUT2D eigenvalue weighted by Gasteiger charge is -2.38. The third-order valence-corrected chi connectivity index (χ3v) is 3.21. The van der Waals surface area contributed by atoms with E-state index in [9.17, 15) is 0 Å². The van der Waals surface area contributed by atoms with Crippen molar-refractivity contribution in [2.45, 2.75) is 32.5 Å². The summed E-state index contributed by atoms with van der Waals surface area (Å²) < 4.78 is 5.88. The normalized spacial score (nSPS) is 25.0. The van der Waals surface area contributed by atoms with Crippen molar-refractivity contribution in [3.63, 3.8) is 0 Å². The second-order valence-corrected chi connectivity index (χ2v) is 4.89. The van der Waals surface area contributed by atoms with Crippen LogP contribution < -0.4 is 10.6 Å². The average Bonchev–Trinajstić information content (AvgIpc) is 2.29. The lowest BCUT2D eigenvalue weighted by atomic mass is 10.1. The Morgan fingerprint density at radius 2 is 2.00 bits per heavy atom. The number of nitrogens with two attached hydrogens (primary N) is 1. The molecular formula is C14H22N2O. The first-order chi connectivity index (χ1) is 8.19. The van der Waals surface area contributed by atoms with Crippen LogP contribution in [0.5, 0.6) is 0 Å². The van der Waals surface area contributed by atoms with Gasteiger partial charge in [-0.25, -0.2) is 0 Å². The van der Waals surface area contributed by atoms with Crippen molar-refractivity contribution in [2.24, 2.45) is 5.73 Å². The van der Waals surface area contributed by atoms with Gasteiger partial charge in [0.1, 0.15) is 0 Å². The Morgan fingerprint density at radius 1 is 1.29 bits per heavy atom. The summed E-state index contributed by atoms with van der Waals surface area (Å²) in [5, 5.41) is 0. The average molecular weight is 234 g/mol. The van der Waals surface area contributed by atoms with Crippen LogP contribution in [-0.4, -0.2) is 31.8 Å². The highest BCUT2D eigenvalue weighted by atomic mass is 16.5. The van der Waals surface area contributed by atoms with Crippen LogP contribution in [0.25, 0.3) is 0 Å². The van der Waals surface area contributed by atoms with Crippen LogP contribution in [0.15, 0.2) is 24.3 Å². The van der Waals surface area contributed by atoms with Gasteiger partial charge in [-0.05, 0) is 38.9 Å². The zero-order valence-electron chi connectivity index (χ0n) is 10.7. The van der Waals surface area contributed by atoms with Crippen LogP contribution in [0.4, 0.5) is 5.69 Å². The van der Waals surface area contributed by atoms with Crippen LogP contribution in [-0.2, 0) is 4.74 Å². The molecule has 1 aliphatic rings. The lowest BCUT2D eigenvalue weighted by molar-refractivity contribution is -0.0183. The number of aryl methyl sites for hydroxylation is 1. The summed E-state index contributed by atoms with van der Waals surface area (Å²) in [6.45, 7) is 6.85. The van der Waals surface area contributed by atoms with Crippen LogP contribution in [0.3, 0.4) is 0 Å². The molecule has 0 aliphatic carbocycles. The van der Waals surface area contributed by atoms with Gasteiger partial charge in [0.2, 0.25) is 0 Å². The Hall–Kier alpha value is -1.06. The number of morpholine rings is 1. The quantitative estimate of drug-likeness (QED) is 0.868. The van der Waals surface area contributed by atoms with Gasteiger partial charge in [0, 0.05) is 18.8 Å². The van der Waals surface area contributed by atoms with E-state index >= 15 is 0 Å². The minimum Gasteiger partial charge on any atom is -0.372 e. The first-order valence-corrected chi connectivity index (χ1v) is 6.36. The summed E-state index contributed by atoms with van der Waals surface area (Å²) in [4.78, 5) is 2.40. The van der Waals surface area contributed by atoms with Crippen molar-refractivity contribution in [3.8, 4) is 0 Å². The third-order valence-electron chi connectivity index (χ3n) is 3.21. The summed E-state index contributed by atoms with van der Waals surface area (Å²) in [5.74, 6) is 0. The molecule has 1 aliphatic heterocycles. The van der Waals surface area contributed by atoms with E-state index in [1.165, 1.54) is 11.3 Å². The summed E-state index contributed by atoms with van der Waals surface area (Å²) in [5.41, 5.74) is 8.19. The smallest absolute Gasteiger partial charge is 0.0766 e. The predicted octanol–water partition coefficient (Wildman–Crippen LogP) is 1.94. The van der Waals surface area contributed by atoms with E-state index in [2.05, 4.69) is 43.0 Å². The van der Waals surface area contributed by atoms with E-state index < -0.39 is 0 Å². The summed E-state index contributed by atoms with van der Waals surface area (Å²) in [6.07, 6.45) is 1.49. The number of rotatable bonds is 3. The Labute approximate surface area is 104 Å². The van der Waals surface area contributed by atoms with Crippen LogP contribution in [0.2, 0.25) is 0 Å². The fourth-order valence-corrected chi connectivity index (χ4v) is 2.36. The minimum absolute atomic E-state index is 0.269. The van der Waals surface area contributed by atoms with Crippen molar-refractivity contribution in [1.29, 1.82) is 0 Å². The number of nitrogens with zero attached hydrogens (tertiary/aromatic N) is 1. The first-order valence-electron chi connectivity index (χ1n) is 6.36. The molecule has 0 spiro atoms. The zero-order chi connectivity index (χ0) is 12.3. The summed E-state index contributed by atoms with van der Waals surface area (Å²) in [6, 6.07) is 8.70. The van der Waals surface area contributed by atoms with Crippen molar-refractivity contribution >= 4 is 5.69 Å². The topological polar surface area (TPSA) is 38.5 Å². The highest BCUT2D eigenvalue weighted by Crippen LogP contribution is 2.21. The predicted molar refractivity (Wildman–Crippen MR) is 71.4 cm³/mol. The van der Waals surface area contributed by atoms with Crippen molar-refractivity contribution in [1.82, 2.24) is 0 Å². The molecular weight excluding hydrogens is 212 g/mol. The van der Waals surface area contributed by atoms with Gasteiger partial charge < -0.3 is 15.4 Å². The van der Waals surface area contributed by atoms with E-state index in [1.807, 2.05) is 0 Å². The molecule has 0 radical (unpaired) electrons. The van der Waals surface area contributed by atoms with E-state index in [4.69, 9.17) is 10.5 Å². The van der Waals surface area contributed by atoms with Gasteiger partial charge >= 0.3 is 0 Å². The van der Waals surface area contributed by atoms with Crippen molar-refractivity contribution < 1.29 is 4.74 Å². The first kappa shape index (κ1) is 12.4. The second-order valence-electron chi connectivity index (χ2n) is 4.89. The molecule has 0 bridgehead atoms. The van der Waals surface area contributed by atoms with Gasteiger partial charge in [-0.2, -0.15) is 0 Å². The fourth-order valence-electron chi connectivity index (χ4n) is 2.36. The summed E-state index contributed by atoms with van der Waals surface area (Å²) >= 11 is 0. The second kappa shape index (κ2) is 5.52. The molecule has 1 saturated heterocycles. The largest absolute Gasteiger partial charge is 0.372 e. The van der Waals surface area contributed by atoms with E-state index in [-0.39, 0.29) is 12.2 Å². The molecule has 0 aromatic heterocycles. The molecule has 2 unspecified atom stereocenters. The standard InChI is InChI=1S/C14H22N2O/c1-11-3-5-13(6-4-11)16-9-12(2)17-14(10-16)7-8-15/h3-6,12,14H,7-10,15H2,1-2H3. The number of hydrogen-bond donors (Lipinski definition) is 1. The molecule has 2 rings (SSSR count). The van der Waals surface area contributed by atoms with Crippen molar-refractivity contribution in [2.75, 3.05) is 24.5 Å². The maximum atomic E-state index is 5.88. The number of benzene rings is 1. The van der Waals surface area contributed by atoms with Crippen molar-refractivity contribution in [3.05, 3.63) is 29.8 Å². The molecule has 17 heavy (non-hydrogen) atoms. The summed E-state index contributed by atoms with van der Waals surface area (Å²) in [7, 11) is 0. The molecule has 1 heterocycles. The monoisotopic (exact) mass is 234 g/mol. The van der Waals surface area contributed by atoms with E-state index in [1.54, 1.807) is 0 Å². The van der Waals surface area contributed by atoms with Gasteiger partial charge in [0.15, 0.2) is 0 Å². The van der Waals surface area contributed by atoms with Crippen LogP contribution in [0.1, 0.15) is 18.9 Å². The van der Waals surface area contributed by atoms with Gasteiger partial charge in [-0.15, -0.1) is 0 Å². The van der Waals surface area contributed by atoms with E-state index in [0.717, 1.165) is 19.5 Å². The minimum atomic E-state index is 0.269. The molecule has 2 N–H and O–H groups in total. The van der Waals surface area contributed by atoms with Gasteiger partial charge in [-0.3, -0.25) is 0 Å². The molecule has 0 amide bonds.